The van der Waals surface area contributed by atoms with E-state index in [1.54, 1.807) is 19.2 Å². The standard InChI is InChI=1S/C20H25N3O4.C19H23N3O4/c1-23-8-7-18-11-19(16(24)21-17(25)22-19)5-6-20(18,26)15(23)9-12-3-4-13(27-2)10-14(12)18;1-22-7-6-17-10-18(15(24)20-16(25)21-18)4-5-19(17,26)14(22)8-11-2-3-12(23)9-13(11)17/h3-4,10,15,26H,5-9,11H2,1-2H3,(H2,21,22,24,25);2-3,9,14,23,26H,4-8,10H2,1H3,(H2,20,21,24,25)/t15-,18-,19+,20-;14-,17-,18+,19-/m11/s1. The summed E-state index contributed by atoms with van der Waals surface area (Å²) in [5.41, 5.74) is -0.796. The van der Waals surface area contributed by atoms with Gasteiger partial charge in [-0.3, -0.25) is 20.2 Å². The lowest BCUT2D eigenvalue weighted by atomic mass is 9.46. The summed E-state index contributed by atoms with van der Waals surface area (Å²) in [5.74, 6) is 0.343. The first kappa shape index (κ1) is 34.5. The fraction of sp³-hybridized carbons (Fsp3) is 0.590. The molecule has 282 valence electrons. The second-order valence-electron chi connectivity index (χ2n) is 17.1. The number of nitrogens with one attached hydrogen (secondary N) is 4. The molecule has 2 aromatic carbocycles. The first-order chi connectivity index (χ1) is 25.1. The van der Waals surface area contributed by atoms with Gasteiger partial charge in [0.25, 0.3) is 11.8 Å². The Kier molecular flexibility index (Phi) is 7.27. The summed E-state index contributed by atoms with van der Waals surface area (Å²) >= 11 is 0. The van der Waals surface area contributed by atoms with Crippen LogP contribution in [0.25, 0.3) is 0 Å². The number of likely N-dealkylation sites (N-methyl/N-ethyl adjacent to an activating group) is 2. The number of piperidine rings is 2. The lowest BCUT2D eigenvalue weighted by molar-refractivity contribution is -0.175. The van der Waals surface area contributed by atoms with Gasteiger partial charge in [0.05, 0.1) is 18.3 Å². The zero-order chi connectivity index (χ0) is 37.3. The normalized spacial score (nSPS) is 40.8. The summed E-state index contributed by atoms with van der Waals surface area (Å²) < 4.78 is 5.46. The number of likely N-dealkylation sites (tertiary alicyclic amines) is 2. The number of hydrogen-bond acceptors (Lipinski definition) is 10. The number of fused-ring (bicyclic) bond motifs is 2. The minimum Gasteiger partial charge on any atom is -0.508 e. The molecule has 14 nitrogen and oxygen atoms in total. The molecule has 14 heteroatoms. The highest BCUT2D eigenvalue weighted by atomic mass is 16.5. The highest BCUT2D eigenvalue weighted by Gasteiger charge is 2.70. The van der Waals surface area contributed by atoms with Crippen LogP contribution in [-0.2, 0) is 33.3 Å². The molecule has 4 bridgehead atoms. The molecule has 2 spiro atoms. The number of imide groups is 2. The monoisotopic (exact) mass is 728 g/mol. The second-order valence-corrected chi connectivity index (χ2v) is 17.1. The Morgan fingerprint density at radius 3 is 1.60 bits per heavy atom. The largest absolute Gasteiger partial charge is 0.508 e. The molecule has 4 saturated heterocycles. The zero-order valence-corrected chi connectivity index (χ0v) is 30.4. The third-order valence-corrected chi connectivity index (χ3v) is 15.0. The van der Waals surface area contributed by atoms with Gasteiger partial charge >= 0.3 is 12.1 Å². The molecular weight excluding hydrogens is 680 g/mol. The topological polar surface area (TPSA) is 193 Å². The van der Waals surface area contributed by atoms with Gasteiger partial charge in [0.1, 0.15) is 22.6 Å². The van der Waals surface area contributed by atoms with E-state index in [-0.39, 0.29) is 29.6 Å². The first-order valence-corrected chi connectivity index (χ1v) is 18.8. The molecule has 0 unspecified atom stereocenters. The molecule has 4 aliphatic carbocycles. The maximum absolute atomic E-state index is 12.7. The number of aromatic hydroxyl groups is 1. The summed E-state index contributed by atoms with van der Waals surface area (Å²) in [6.45, 7) is 1.64. The van der Waals surface area contributed by atoms with Gasteiger partial charge in [0.2, 0.25) is 0 Å². The second kappa shape index (κ2) is 11.2. The van der Waals surface area contributed by atoms with Crippen molar-refractivity contribution >= 4 is 23.9 Å². The van der Waals surface area contributed by atoms with Crippen molar-refractivity contribution < 1.29 is 39.2 Å². The van der Waals surface area contributed by atoms with E-state index in [0.29, 0.717) is 44.9 Å². The number of carbonyl (C=O) groups excluding carboxylic acids is 4. The number of phenolic OH excluding ortho intramolecular Hbond substituents is 1. The number of aliphatic hydroxyl groups is 2. The molecule has 2 aromatic rings. The molecule has 8 atom stereocenters. The van der Waals surface area contributed by atoms with Crippen LogP contribution in [0.4, 0.5) is 9.59 Å². The minimum absolute atomic E-state index is 0.00432. The Morgan fingerprint density at radius 1 is 0.679 bits per heavy atom. The number of urea groups is 2. The van der Waals surface area contributed by atoms with Crippen molar-refractivity contribution in [1.82, 2.24) is 31.1 Å². The van der Waals surface area contributed by atoms with Gasteiger partial charge in [0.15, 0.2) is 0 Å². The smallest absolute Gasteiger partial charge is 0.322 e. The Bertz CT molecular complexity index is 1980. The lowest BCUT2D eigenvalue weighted by Crippen LogP contribution is -2.75. The van der Waals surface area contributed by atoms with E-state index in [9.17, 15) is 34.5 Å². The molecule has 0 aromatic heterocycles. The van der Waals surface area contributed by atoms with E-state index in [1.165, 1.54) is 5.56 Å². The SMILES string of the molecule is CN1CC[C@]23C[C@]4(CC[C@@]2(O)[C@H]1Cc1ccc(O)cc13)NC(=O)NC4=O.COc1ccc2c(c1)[C@]13CCN(C)[C@H](C2)[C@]1(O)CC[C@@]1(C3)NC(=O)NC1=O. The highest BCUT2D eigenvalue weighted by Crippen LogP contribution is 2.62. The number of carbonyl (C=O) groups is 4. The molecule has 7 N–H and O–H groups in total. The number of amides is 6. The number of phenols is 1. The third-order valence-electron chi connectivity index (χ3n) is 15.0. The molecular formula is C39H48N6O8. The van der Waals surface area contributed by atoms with Crippen LogP contribution in [0.3, 0.4) is 0 Å². The molecule has 10 rings (SSSR count). The Balaban J connectivity index is 0.000000141. The Morgan fingerprint density at radius 2 is 1.15 bits per heavy atom. The van der Waals surface area contributed by atoms with Crippen LogP contribution < -0.4 is 26.0 Å². The van der Waals surface area contributed by atoms with Gasteiger partial charge in [-0.15, -0.1) is 0 Å². The van der Waals surface area contributed by atoms with Crippen molar-refractivity contribution in [3.63, 3.8) is 0 Å². The zero-order valence-electron chi connectivity index (χ0n) is 30.4. The van der Waals surface area contributed by atoms with Crippen LogP contribution in [0.5, 0.6) is 11.5 Å². The van der Waals surface area contributed by atoms with E-state index in [0.717, 1.165) is 54.8 Å². The molecule has 0 radical (unpaired) electrons. The van der Waals surface area contributed by atoms with E-state index in [2.05, 4.69) is 44.2 Å². The Hall–Kier alpha value is -4.24. The van der Waals surface area contributed by atoms with Crippen LogP contribution >= 0.6 is 0 Å². The summed E-state index contributed by atoms with van der Waals surface area (Å²) in [6.07, 6.45) is 5.47. The predicted octanol–water partition coefficient (Wildman–Crippen LogP) is 1.07. The van der Waals surface area contributed by atoms with Crippen LogP contribution in [0.2, 0.25) is 0 Å². The van der Waals surface area contributed by atoms with E-state index >= 15 is 0 Å². The van der Waals surface area contributed by atoms with Crippen LogP contribution in [0.15, 0.2) is 36.4 Å². The number of rotatable bonds is 1. The summed E-state index contributed by atoms with van der Waals surface area (Å²) in [6, 6.07) is 10.5. The first-order valence-electron chi connectivity index (χ1n) is 18.8. The molecule has 2 saturated carbocycles. The van der Waals surface area contributed by atoms with Gasteiger partial charge in [-0.05, 0) is 138 Å². The quantitative estimate of drug-likeness (QED) is 0.209. The van der Waals surface area contributed by atoms with Crippen molar-refractivity contribution in [2.24, 2.45) is 0 Å². The van der Waals surface area contributed by atoms with Crippen molar-refractivity contribution in [2.45, 2.75) is 109 Å². The van der Waals surface area contributed by atoms with Gasteiger partial charge in [-0.25, -0.2) is 9.59 Å². The fourth-order valence-electron chi connectivity index (χ4n) is 12.3. The molecule has 6 amide bonds. The maximum atomic E-state index is 12.7. The minimum atomic E-state index is -0.986. The van der Waals surface area contributed by atoms with E-state index in [4.69, 9.17) is 4.74 Å². The van der Waals surface area contributed by atoms with Crippen LogP contribution in [0.1, 0.15) is 73.6 Å². The van der Waals surface area contributed by atoms with Crippen LogP contribution in [-0.4, -0.2) is 118 Å². The molecule has 6 fully saturated rings. The van der Waals surface area contributed by atoms with Gasteiger partial charge < -0.3 is 40.5 Å². The number of nitrogens with zero attached hydrogens (tertiary/aromatic N) is 2. The van der Waals surface area contributed by atoms with Crippen molar-refractivity contribution in [3.8, 4) is 11.5 Å². The summed E-state index contributed by atoms with van der Waals surface area (Å²) in [7, 11) is 5.74. The third kappa shape index (κ3) is 4.46. The molecule has 53 heavy (non-hydrogen) atoms. The predicted molar refractivity (Wildman–Crippen MR) is 190 cm³/mol. The van der Waals surface area contributed by atoms with Crippen molar-refractivity contribution in [1.29, 1.82) is 0 Å². The Labute approximate surface area is 307 Å². The average Bonchev–Trinajstić information content (AvgIpc) is 3.56. The molecule has 8 aliphatic rings. The van der Waals surface area contributed by atoms with Crippen LogP contribution in [0, 0.1) is 0 Å². The molecule has 4 heterocycles. The maximum Gasteiger partial charge on any atom is 0.322 e. The lowest BCUT2D eigenvalue weighted by Gasteiger charge is -2.65. The van der Waals surface area contributed by atoms with Gasteiger partial charge in [-0.1, -0.05) is 12.1 Å². The van der Waals surface area contributed by atoms with Crippen molar-refractivity contribution in [3.05, 3.63) is 58.7 Å². The van der Waals surface area contributed by atoms with E-state index in [1.807, 2.05) is 25.2 Å². The number of ether oxygens (including phenoxy) is 1. The number of benzene rings is 2. The average molecular weight is 729 g/mol. The van der Waals surface area contributed by atoms with E-state index < -0.39 is 45.2 Å². The van der Waals surface area contributed by atoms with Crippen molar-refractivity contribution in [2.75, 3.05) is 34.3 Å². The number of hydrogen-bond donors (Lipinski definition) is 7. The highest BCUT2D eigenvalue weighted by molar-refractivity contribution is 6.08. The van der Waals surface area contributed by atoms with Gasteiger partial charge in [-0.2, -0.15) is 0 Å². The fourth-order valence-corrected chi connectivity index (χ4v) is 12.3. The number of methoxy groups -OCH3 is 1. The molecule has 4 aliphatic heterocycles. The van der Waals surface area contributed by atoms with Gasteiger partial charge in [0, 0.05) is 22.9 Å². The summed E-state index contributed by atoms with van der Waals surface area (Å²) in [4.78, 5) is 53.5. The summed E-state index contributed by atoms with van der Waals surface area (Å²) in [5, 5.41) is 44.5.